The van der Waals surface area contributed by atoms with E-state index < -0.39 is 0 Å². The van der Waals surface area contributed by atoms with Crippen LogP contribution >= 0.6 is 0 Å². The molecular weight excluding hydrogens is 178 g/mol. The minimum atomic E-state index is 0.463. The second-order valence-electron chi connectivity index (χ2n) is 3.80. The maximum Gasteiger partial charge on any atom is 0.198 e. The summed E-state index contributed by atoms with van der Waals surface area (Å²) in [6.07, 6.45) is 5.77. The number of piperidine rings is 1. The molecule has 78 valence electrons. The van der Waals surface area contributed by atoms with Crippen molar-refractivity contribution in [3.63, 3.8) is 0 Å². The van der Waals surface area contributed by atoms with E-state index >= 15 is 0 Å². The molecule has 0 saturated carbocycles. The molecular formula is C10H17N3O. The molecule has 1 aromatic rings. The minimum Gasteiger partial charge on any atom is -0.449 e. The van der Waals surface area contributed by atoms with E-state index in [2.05, 4.69) is 9.88 Å². The Labute approximate surface area is 84.1 Å². The van der Waals surface area contributed by atoms with Gasteiger partial charge in [-0.1, -0.05) is 0 Å². The Bertz CT molecular complexity index is 258. The summed E-state index contributed by atoms with van der Waals surface area (Å²) in [5, 5.41) is 0. The first-order valence-corrected chi connectivity index (χ1v) is 5.22. The Morgan fingerprint density at radius 2 is 2.57 bits per heavy atom. The zero-order chi connectivity index (χ0) is 9.80. The van der Waals surface area contributed by atoms with E-state index in [0.717, 1.165) is 32.1 Å². The molecule has 1 atom stereocenters. The fourth-order valence-electron chi connectivity index (χ4n) is 2.08. The molecule has 14 heavy (non-hydrogen) atoms. The first-order chi connectivity index (χ1) is 6.90. The Morgan fingerprint density at radius 1 is 1.64 bits per heavy atom. The number of aromatic nitrogens is 1. The van der Waals surface area contributed by atoms with Gasteiger partial charge in [-0.3, -0.25) is 0 Å². The number of rotatable bonds is 3. The number of nitrogens with zero attached hydrogens (tertiary/aromatic N) is 2. The predicted molar refractivity (Wildman–Crippen MR) is 54.0 cm³/mol. The van der Waals surface area contributed by atoms with Crippen LogP contribution in [0.4, 0.5) is 0 Å². The first-order valence-electron chi connectivity index (χ1n) is 5.22. The van der Waals surface area contributed by atoms with Gasteiger partial charge in [0.05, 0.1) is 6.20 Å². The van der Waals surface area contributed by atoms with Crippen LogP contribution in [0.2, 0.25) is 0 Å². The molecule has 1 aromatic heterocycles. The van der Waals surface area contributed by atoms with E-state index in [0.29, 0.717) is 5.92 Å². The van der Waals surface area contributed by atoms with Crippen molar-refractivity contribution in [1.82, 2.24) is 9.88 Å². The SMILES string of the molecule is NCCN1CCCC(c2ncco2)C1. The van der Waals surface area contributed by atoms with Crippen LogP contribution in [0.3, 0.4) is 0 Å². The summed E-state index contributed by atoms with van der Waals surface area (Å²) in [5.41, 5.74) is 5.54. The maximum atomic E-state index is 5.54. The Hall–Kier alpha value is -0.870. The highest BCUT2D eigenvalue weighted by Gasteiger charge is 2.23. The molecule has 0 amide bonds. The van der Waals surface area contributed by atoms with Crippen LogP contribution < -0.4 is 5.73 Å². The molecule has 2 heterocycles. The molecule has 1 unspecified atom stereocenters. The molecule has 4 heteroatoms. The lowest BCUT2D eigenvalue weighted by molar-refractivity contribution is 0.198. The molecule has 0 spiro atoms. The fourth-order valence-corrected chi connectivity index (χ4v) is 2.08. The monoisotopic (exact) mass is 195 g/mol. The Morgan fingerprint density at radius 3 is 3.29 bits per heavy atom. The summed E-state index contributed by atoms with van der Waals surface area (Å²) in [5.74, 6) is 1.34. The second-order valence-corrected chi connectivity index (χ2v) is 3.80. The minimum absolute atomic E-state index is 0.463. The third-order valence-corrected chi connectivity index (χ3v) is 2.75. The molecule has 0 bridgehead atoms. The summed E-state index contributed by atoms with van der Waals surface area (Å²) in [6, 6.07) is 0. The van der Waals surface area contributed by atoms with Crippen LogP contribution in [-0.4, -0.2) is 36.1 Å². The highest BCUT2D eigenvalue weighted by Crippen LogP contribution is 2.24. The zero-order valence-corrected chi connectivity index (χ0v) is 8.35. The van der Waals surface area contributed by atoms with Crippen molar-refractivity contribution in [3.8, 4) is 0 Å². The van der Waals surface area contributed by atoms with Crippen LogP contribution in [-0.2, 0) is 0 Å². The number of likely N-dealkylation sites (tertiary alicyclic amines) is 1. The van der Waals surface area contributed by atoms with Crippen LogP contribution in [0.15, 0.2) is 16.9 Å². The van der Waals surface area contributed by atoms with E-state index in [4.69, 9.17) is 10.2 Å². The number of hydrogen-bond donors (Lipinski definition) is 1. The normalized spacial score (nSPS) is 23.9. The van der Waals surface area contributed by atoms with Gasteiger partial charge >= 0.3 is 0 Å². The van der Waals surface area contributed by atoms with Gasteiger partial charge in [-0.05, 0) is 19.4 Å². The molecule has 0 radical (unpaired) electrons. The van der Waals surface area contributed by atoms with Crippen LogP contribution in [0.5, 0.6) is 0 Å². The van der Waals surface area contributed by atoms with Crippen molar-refractivity contribution in [1.29, 1.82) is 0 Å². The molecule has 0 aromatic carbocycles. The highest BCUT2D eigenvalue weighted by molar-refractivity contribution is 4.95. The molecule has 0 aliphatic carbocycles. The lowest BCUT2D eigenvalue weighted by atomic mass is 9.98. The molecule has 1 fully saturated rings. The molecule has 2 N–H and O–H groups in total. The third-order valence-electron chi connectivity index (χ3n) is 2.75. The van der Waals surface area contributed by atoms with E-state index in [1.165, 1.54) is 12.8 Å². The van der Waals surface area contributed by atoms with Gasteiger partial charge in [-0.2, -0.15) is 0 Å². The van der Waals surface area contributed by atoms with Crippen molar-refractivity contribution in [2.24, 2.45) is 5.73 Å². The number of nitrogens with two attached hydrogens (primary N) is 1. The summed E-state index contributed by atoms with van der Waals surface area (Å²) in [7, 11) is 0. The number of oxazole rings is 1. The standard InChI is InChI=1S/C10H17N3O/c11-3-6-13-5-1-2-9(8-13)10-12-4-7-14-10/h4,7,9H,1-3,5-6,8,11H2. The van der Waals surface area contributed by atoms with Crippen LogP contribution in [0, 0.1) is 0 Å². The van der Waals surface area contributed by atoms with Crippen molar-refractivity contribution < 1.29 is 4.42 Å². The zero-order valence-electron chi connectivity index (χ0n) is 8.35. The van der Waals surface area contributed by atoms with Gasteiger partial charge in [0.1, 0.15) is 6.26 Å². The maximum absolute atomic E-state index is 5.54. The van der Waals surface area contributed by atoms with Crippen LogP contribution in [0.1, 0.15) is 24.7 Å². The van der Waals surface area contributed by atoms with Gasteiger partial charge in [0.15, 0.2) is 5.89 Å². The smallest absolute Gasteiger partial charge is 0.198 e. The Kier molecular flexibility index (Phi) is 3.16. The van der Waals surface area contributed by atoms with Gasteiger partial charge in [0.2, 0.25) is 0 Å². The van der Waals surface area contributed by atoms with E-state index in [9.17, 15) is 0 Å². The van der Waals surface area contributed by atoms with Crippen molar-refractivity contribution in [2.45, 2.75) is 18.8 Å². The number of hydrogen-bond acceptors (Lipinski definition) is 4. The van der Waals surface area contributed by atoms with E-state index in [1.54, 1.807) is 12.5 Å². The summed E-state index contributed by atoms with van der Waals surface area (Å²) in [4.78, 5) is 6.60. The van der Waals surface area contributed by atoms with Gasteiger partial charge in [-0.15, -0.1) is 0 Å². The molecule has 1 aliphatic rings. The fraction of sp³-hybridized carbons (Fsp3) is 0.700. The topological polar surface area (TPSA) is 55.3 Å². The summed E-state index contributed by atoms with van der Waals surface area (Å²) >= 11 is 0. The first kappa shape index (κ1) is 9.68. The molecule has 1 saturated heterocycles. The average Bonchev–Trinajstić information content (AvgIpc) is 2.71. The van der Waals surface area contributed by atoms with E-state index in [-0.39, 0.29) is 0 Å². The Balaban J connectivity index is 1.94. The molecule has 4 nitrogen and oxygen atoms in total. The molecule has 1 aliphatic heterocycles. The lowest BCUT2D eigenvalue weighted by Crippen LogP contribution is -2.37. The van der Waals surface area contributed by atoms with Gasteiger partial charge < -0.3 is 15.1 Å². The van der Waals surface area contributed by atoms with Crippen molar-refractivity contribution in [3.05, 3.63) is 18.4 Å². The molecule has 2 rings (SSSR count). The van der Waals surface area contributed by atoms with Gasteiger partial charge in [0.25, 0.3) is 0 Å². The largest absolute Gasteiger partial charge is 0.449 e. The third kappa shape index (κ3) is 2.13. The quantitative estimate of drug-likeness (QED) is 0.775. The van der Waals surface area contributed by atoms with Gasteiger partial charge in [-0.25, -0.2) is 4.98 Å². The highest BCUT2D eigenvalue weighted by atomic mass is 16.3. The predicted octanol–water partition coefficient (Wildman–Crippen LogP) is 0.813. The summed E-state index contributed by atoms with van der Waals surface area (Å²) in [6.45, 7) is 3.92. The average molecular weight is 195 g/mol. The van der Waals surface area contributed by atoms with Gasteiger partial charge in [0, 0.05) is 25.6 Å². The second kappa shape index (κ2) is 4.57. The summed E-state index contributed by atoms with van der Waals surface area (Å²) < 4.78 is 5.33. The van der Waals surface area contributed by atoms with E-state index in [1.807, 2.05) is 0 Å². The van der Waals surface area contributed by atoms with Crippen molar-refractivity contribution >= 4 is 0 Å². The van der Waals surface area contributed by atoms with Crippen LogP contribution in [0.25, 0.3) is 0 Å². The lowest BCUT2D eigenvalue weighted by Gasteiger charge is -2.30. The van der Waals surface area contributed by atoms with Crippen molar-refractivity contribution in [2.75, 3.05) is 26.2 Å².